The van der Waals surface area contributed by atoms with Crippen molar-refractivity contribution >= 4 is 11.9 Å². The Hall–Kier alpha value is -2.42. The Morgan fingerprint density at radius 3 is 2.86 bits per heavy atom. The minimum absolute atomic E-state index is 0.122. The van der Waals surface area contributed by atoms with Gasteiger partial charge in [-0.15, -0.1) is 0 Å². The first-order valence-corrected chi connectivity index (χ1v) is 6.71. The van der Waals surface area contributed by atoms with Crippen LogP contribution in [0.1, 0.15) is 36.9 Å². The summed E-state index contributed by atoms with van der Waals surface area (Å²) in [6.45, 7) is 2.14. The third-order valence-electron chi connectivity index (χ3n) is 3.82. The minimum atomic E-state index is -0.992. The molecular weight excluding hydrogens is 275 g/mol. The van der Waals surface area contributed by atoms with Crippen LogP contribution in [0.25, 0.3) is 0 Å². The van der Waals surface area contributed by atoms with Gasteiger partial charge in [0.2, 0.25) is 5.91 Å². The monoisotopic (exact) mass is 290 g/mol. The van der Waals surface area contributed by atoms with E-state index in [9.17, 15) is 19.1 Å². The van der Waals surface area contributed by atoms with E-state index in [1.807, 2.05) is 0 Å². The number of carboxylic acids is 1. The van der Waals surface area contributed by atoms with Crippen LogP contribution in [0.15, 0.2) is 18.2 Å². The van der Waals surface area contributed by atoms with Gasteiger partial charge in [0.05, 0.1) is 17.5 Å². The van der Waals surface area contributed by atoms with E-state index in [4.69, 9.17) is 5.26 Å². The van der Waals surface area contributed by atoms with Gasteiger partial charge in [0.15, 0.2) is 0 Å². The van der Waals surface area contributed by atoms with Gasteiger partial charge in [-0.05, 0) is 31.0 Å². The SMILES string of the molecule is CCN1C(=O)CCC(C(=O)O)C1c1ccc(F)c(C#N)c1. The maximum absolute atomic E-state index is 13.4. The van der Waals surface area contributed by atoms with Crippen molar-refractivity contribution in [2.75, 3.05) is 6.54 Å². The molecule has 1 aliphatic rings. The number of amides is 1. The number of benzene rings is 1. The molecule has 2 unspecified atom stereocenters. The molecule has 0 bridgehead atoms. The predicted octanol–water partition coefficient (Wildman–Crippen LogP) is 2.08. The van der Waals surface area contributed by atoms with Crippen LogP contribution in [0, 0.1) is 23.1 Å². The molecule has 0 aliphatic carbocycles. The standard InChI is InChI=1S/C15H15FN2O3/c1-2-18-13(19)6-4-11(15(20)21)14(18)9-3-5-12(16)10(7-9)8-17/h3,5,7,11,14H,2,4,6H2,1H3,(H,20,21). The number of nitriles is 1. The second-order valence-corrected chi connectivity index (χ2v) is 4.96. The van der Waals surface area contributed by atoms with Crippen molar-refractivity contribution in [1.29, 1.82) is 5.26 Å². The first-order valence-electron chi connectivity index (χ1n) is 6.71. The number of hydrogen-bond acceptors (Lipinski definition) is 3. The third-order valence-corrected chi connectivity index (χ3v) is 3.82. The first kappa shape index (κ1) is 15.0. The molecule has 1 N–H and O–H groups in total. The van der Waals surface area contributed by atoms with Crippen molar-refractivity contribution < 1.29 is 19.1 Å². The highest BCUT2D eigenvalue weighted by atomic mass is 19.1. The van der Waals surface area contributed by atoms with E-state index in [1.165, 1.54) is 17.0 Å². The van der Waals surface area contributed by atoms with Gasteiger partial charge in [0, 0.05) is 13.0 Å². The molecule has 21 heavy (non-hydrogen) atoms. The van der Waals surface area contributed by atoms with E-state index in [0.717, 1.165) is 6.07 Å². The summed E-state index contributed by atoms with van der Waals surface area (Å²) in [6.07, 6.45) is 0.433. The molecule has 1 saturated heterocycles. The summed E-state index contributed by atoms with van der Waals surface area (Å²) in [5.74, 6) is -2.52. The summed E-state index contributed by atoms with van der Waals surface area (Å²) in [7, 11) is 0. The van der Waals surface area contributed by atoms with E-state index in [-0.39, 0.29) is 24.3 Å². The van der Waals surface area contributed by atoms with Crippen LogP contribution in [0.5, 0.6) is 0 Å². The average Bonchev–Trinajstić information content (AvgIpc) is 2.47. The number of piperidine rings is 1. The molecule has 2 atom stereocenters. The molecule has 110 valence electrons. The molecule has 1 fully saturated rings. The smallest absolute Gasteiger partial charge is 0.308 e. The molecule has 0 saturated carbocycles. The van der Waals surface area contributed by atoms with Crippen LogP contribution in [0.4, 0.5) is 4.39 Å². The lowest BCUT2D eigenvalue weighted by molar-refractivity contribution is -0.151. The topological polar surface area (TPSA) is 81.4 Å². The Labute approximate surface area is 121 Å². The number of likely N-dealkylation sites (tertiary alicyclic amines) is 1. The summed E-state index contributed by atoms with van der Waals surface area (Å²) in [5.41, 5.74) is 0.334. The number of rotatable bonds is 3. The number of halogens is 1. The van der Waals surface area contributed by atoms with Gasteiger partial charge < -0.3 is 10.0 Å². The Kier molecular flexibility index (Phi) is 4.22. The molecule has 0 spiro atoms. The van der Waals surface area contributed by atoms with Gasteiger partial charge in [-0.3, -0.25) is 9.59 Å². The van der Waals surface area contributed by atoms with E-state index in [2.05, 4.69) is 0 Å². The molecule has 0 radical (unpaired) electrons. The normalized spacial score (nSPS) is 22.0. The second-order valence-electron chi connectivity index (χ2n) is 4.96. The lowest BCUT2D eigenvalue weighted by atomic mass is 9.84. The van der Waals surface area contributed by atoms with Crippen LogP contribution >= 0.6 is 0 Å². The first-order chi connectivity index (χ1) is 9.99. The van der Waals surface area contributed by atoms with Crippen LogP contribution in [0.3, 0.4) is 0 Å². The molecule has 1 aliphatic heterocycles. The Morgan fingerprint density at radius 1 is 1.57 bits per heavy atom. The van der Waals surface area contributed by atoms with Crippen molar-refractivity contribution in [1.82, 2.24) is 4.90 Å². The lowest BCUT2D eigenvalue weighted by Crippen LogP contribution is -2.45. The molecule has 2 rings (SSSR count). The van der Waals surface area contributed by atoms with E-state index in [0.29, 0.717) is 12.1 Å². The fourth-order valence-electron chi connectivity index (χ4n) is 2.81. The number of carbonyl (C=O) groups is 2. The average molecular weight is 290 g/mol. The number of carbonyl (C=O) groups excluding carboxylic acids is 1. The van der Waals surface area contributed by atoms with Gasteiger partial charge in [-0.25, -0.2) is 4.39 Å². The highest BCUT2D eigenvalue weighted by Gasteiger charge is 2.40. The fourth-order valence-corrected chi connectivity index (χ4v) is 2.81. The summed E-state index contributed by atoms with van der Waals surface area (Å²) >= 11 is 0. The van der Waals surface area contributed by atoms with Gasteiger partial charge in [0.25, 0.3) is 0 Å². The zero-order chi connectivity index (χ0) is 15.6. The van der Waals surface area contributed by atoms with Crippen LogP contribution in [-0.4, -0.2) is 28.4 Å². The third kappa shape index (κ3) is 2.72. The number of carboxylic acid groups (broad SMARTS) is 1. The molecule has 1 aromatic rings. The maximum atomic E-state index is 13.4. The minimum Gasteiger partial charge on any atom is -0.481 e. The van der Waals surface area contributed by atoms with Crippen molar-refractivity contribution in [2.45, 2.75) is 25.8 Å². The number of hydrogen-bond donors (Lipinski definition) is 1. The molecule has 1 amide bonds. The van der Waals surface area contributed by atoms with Gasteiger partial charge >= 0.3 is 5.97 Å². The number of nitrogens with zero attached hydrogens (tertiary/aromatic N) is 2. The highest BCUT2D eigenvalue weighted by Crippen LogP contribution is 2.37. The fraction of sp³-hybridized carbons (Fsp3) is 0.400. The molecular formula is C15H15FN2O3. The van der Waals surface area contributed by atoms with E-state index >= 15 is 0 Å². The van der Waals surface area contributed by atoms with E-state index < -0.39 is 23.7 Å². The van der Waals surface area contributed by atoms with Gasteiger partial charge in [0.1, 0.15) is 11.9 Å². The van der Waals surface area contributed by atoms with Crippen LogP contribution in [-0.2, 0) is 9.59 Å². The van der Waals surface area contributed by atoms with Gasteiger partial charge in [-0.2, -0.15) is 5.26 Å². The van der Waals surface area contributed by atoms with Crippen LogP contribution < -0.4 is 0 Å². The zero-order valence-electron chi connectivity index (χ0n) is 11.5. The molecule has 1 aromatic carbocycles. The largest absolute Gasteiger partial charge is 0.481 e. The van der Waals surface area contributed by atoms with Crippen molar-refractivity contribution in [3.63, 3.8) is 0 Å². The second kappa shape index (κ2) is 5.92. The van der Waals surface area contributed by atoms with Gasteiger partial charge in [-0.1, -0.05) is 6.07 Å². The summed E-state index contributed by atoms with van der Waals surface area (Å²) < 4.78 is 13.4. The van der Waals surface area contributed by atoms with Crippen molar-refractivity contribution in [3.8, 4) is 6.07 Å². The molecule has 6 heteroatoms. The van der Waals surface area contributed by atoms with Crippen molar-refractivity contribution in [2.24, 2.45) is 5.92 Å². The Bertz CT molecular complexity index is 622. The Morgan fingerprint density at radius 2 is 2.29 bits per heavy atom. The highest BCUT2D eigenvalue weighted by molar-refractivity contribution is 5.81. The molecule has 1 heterocycles. The van der Waals surface area contributed by atoms with Crippen molar-refractivity contribution in [3.05, 3.63) is 35.1 Å². The lowest BCUT2D eigenvalue weighted by Gasteiger charge is -2.39. The summed E-state index contributed by atoms with van der Waals surface area (Å²) in [6, 6.07) is 4.98. The summed E-state index contributed by atoms with van der Waals surface area (Å²) in [4.78, 5) is 24.9. The molecule has 5 nitrogen and oxygen atoms in total. The summed E-state index contributed by atoms with van der Waals surface area (Å²) in [5, 5.41) is 18.3. The number of aliphatic carboxylic acids is 1. The van der Waals surface area contributed by atoms with Crippen LogP contribution in [0.2, 0.25) is 0 Å². The molecule has 0 aromatic heterocycles. The predicted molar refractivity (Wildman–Crippen MR) is 71.6 cm³/mol. The van der Waals surface area contributed by atoms with E-state index in [1.54, 1.807) is 13.0 Å². The zero-order valence-corrected chi connectivity index (χ0v) is 11.5. The Balaban J connectivity index is 2.50. The maximum Gasteiger partial charge on any atom is 0.308 e. The quantitative estimate of drug-likeness (QED) is 0.924.